The van der Waals surface area contributed by atoms with Crippen LogP contribution >= 0.6 is 0 Å². The third kappa shape index (κ3) is 5.80. The van der Waals surface area contributed by atoms with Crippen LogP contribution in [0.2, 0.25) is 0 Å². The van der Waals surface area contributed by atoms with Gasteiger partial charge in [-0.1, -0.05) is 12.1 Å². The molecule has 0 amide bonds. The molecule has 37 heavy (non-hydrogen) atoms. The molecule has 0 aromatic carbocycles. The number of H-pyrrole nitrogens is 1. The molecular weight excluding hydrogens is 471 g/mol. The molecule has 190 valence electrons. The minimum atomic E-state index is -0.0780. The highest BCUT2D eigenvalue weighted by molar-refractivity contribution is 5.94. The van der Waals surface area contributed by atoms with E-state index in [4.69, 9.17) is 15.5 Å². The van der Waals surface area contributed by atoms with E-state index in [1.807, 2.05) is 23.1 Å². The van der Waals surface area contributed by atoms with Crippen LogP contribution in [0.5, 0.6) is 0 Å². The van der Waals surface area contributed by atoms with Gasteiger partial charge in [-0.05, 0) is 61.3 Å². The first-order valence-corrected chi connectivity index (χ1v) is 12.4. The van der Waals surface area contributed by atoms with E-state index in [1.54, 1.807) is 36.7 Å². The summed E-state index contributed by atoms with van der Waals surface area (Å²) in [7, 11) is 0. The number of imidazole rings is 1. The van der Waals surface area contributed by atoms with Gasteiger partial charge in [0, 0.05) is 25.7 Å². The van der Waals surface area contributed by atoms with Crippen molar-refractivity contribution < 1.29 is 9.50 Å². The first-order chi connectivity index (χ1) is 18.1. The minimum Gasteiger partial charge on any atom is -0.395 e. The number of aliphatic hydroxyl groups is 1. The molecule has 0 radical (unpaired) electrons. The van der Waals surface area contributed by atoms with Crippen LogP contribution in [-0.4, -0.2) is 66.5 Å². The van der Waals surface area contributed by atoms with Crippen molar-refractivity contribution in [2.75, 3.05) is 25.0 Å². The van der Waals surface area contributed by atoms with Gasteiger partial charge in [-0.15, -0.1) is 0 Å². The molecule has 9 nitrogen and oxygen atoms in total. The van der Waals surface area contributed by atoms with Gasteiger partial charge in [0.25, 0.3) is 0 Å². The number of aliphatic hydroxyl groups excluding tert-OH is 1. The number of allylic oxidation sites excluding steroid dienone is 2. The Kier molecular flexibility index (Phi) is 7.46. The van der Waals surface area contributed by atoms with Crippen LogP contribution in [0.15, 0.2) is 66.3 Å². The highest BCUT2D eigenvalue weighted by Gasteiger charge is 2.28. The summed E-state index contributed by atoms with van der Waals surface area (Å²) >= 11 is 0. The molecule has 3 aromatic heterocycles. The average Bonchev–Trinajstić information content (AvgIpc) is 3.61. The van der Waals surface area contributed by atoms with Crippen molar-refractivity contribution in [1.29, 1.82) is 5.41 Å². The summed E-state index contributed by atoms with van der Waals surface area (Å²) in [5.41, 5.74) is 3.77. The Morgan fingerprint density at radius 3 is 2.95 bits per heavy atom. The summed E-state index contributed by atoms with van der Waals surface area (Å²) in [6.07, 6.45) is 13.7. The average molecular weight is 501 g/mol. The number of aromatic nitrogens is 5. The topological polar surface area (TPSA) is 127 Å². The number of nitrogens with zero attached hydrogens (tertiary/aromatic N) is 5. The van der Waals surface area contributed by atoms with E-state index >= 15 is 0 Å². The number of hydrogen-bond acceptors (Lipinski definition) is 7. The van der Waals surface area contributed by atoms with E-state index in [2.05, 4.69) is 31.3 Å². The highest BCUT2D eigenvalue weighted by atomic mass is 19.1. The molecule has 0 spiro atoms. The Morgan fingerprint density at radius 2 is 2.08 bits per heavy atom. The molecule has 1 aliphatic heterocycles. The molecule has 0 bridgehead atoms. The molecule has 2 aliphatic rings. The highest BCUT2D eigenvalue weighted by Crippen LogP contribution is 2.30. The number of rotatable bonds is 8. The monoisotopic (exact) mass is 500 g/mol. The van der Waals surface area contributed by atoms with Crippen LogP contribution in [-0.2, 0) is 0 Å². The summed E-state index contributed by atoms with van der Waals surface area (Å²) in [6.45, 7) is 1.14. The maximum Gasteiger partial charge on any atom is 0.223 e. The zero-order valence-corrected chi connectivity index (χ0v) is 20.4. The molecule has 1 aliphatic carbocycles. The number of halogens is 1. The smallest absolute Gasteiger partial charge is 0.223 e. The zero-order chi connectivity index (χ0) is 25.6. The van der Waals surface area contributed by atoms with E-state index < -0.39 is 0 Å². The lowest BCUT2D eigenvalue weighted by Gasteiger charge is -2.27. The Labute approximate surface area is 214 Å². The van der Waals surface area contributed by atoms with Crippen molar-refractivity contribution in [1.82, 2.24) is 29.8 Å². The SMILES string of the molecule is N=C(/C=C\c1ncc(-c2cccc(-c3ccnc(NCCO)n3)n2)[nH]1)N1CCCC1C1=CCCC(F)=C1. The quantitative estimate of drug-likeness (QED) is 0.267. The van der Waals surface area contributed by atoms with Crippen molar-refractivity contribution in [3.8, 4) is 22.8 Å². The largest absolute Gasteiger partial charge is 0.395 e. The summed E-state index contributed by atoms with van der Waals surface area (Å²) in [4.78, 5) is 23.0. The number of nitrogens with one attached hydrogen (secondary N) is 3. The number of anilines is 1. The van der Waals surface area contributed by atoms with Crippen LogP contribution < -0.4 is 5.32 Å². The molecule has 1 saturated heterocycles. The molecule has 5 rings (SSSR count). The number of likely N-dealkylation sites (tertiary alicyclic amines) is 1. The van der Waals surface area contributed by atoms with Gasteiger partial charge in [0.15, 0.2) is 0 Å². The normalized spacial score (nSPS) is 17.7. The van der Waals surface area contributed by atoms with Gasteiger partial charge in [0.05, 0.1) is 41.6 Å². The van der Waals surface area contributed by atoms with Gasteiger partial charge < -0.3 is 20.3 Å². The number of aromatic amines is 1. The Morgan fingerprint density at radius 1 is 1.22 bits per heavy atom. The van der Waals surface area contributed by atoms with Gasteiger partial charge >= 0.3 is 0 Å². The van der Waals surface area contributed by atoms with Gasteiger partial charge in [0.1, 0.15) is 17.5 Å². The zero-order valence-electron chi connectivity index (χ0n) is 20.4. The maximum atomic E-state index is 13.8. The van der Waals surface area contributed by atoms with Crippen molar-refractivity contribution >= 4 is 17.9 Å². The van der Waals surface area contributed by atoms with Crippen LogP contribution in [0.25, 0.3) is 28.9 Å². The van der Waals surface area contributed by atoms with Gasteiger partial charge in [-0.3, -0.25) is 5.41 Å². The molecule has 0 saturated carbocycles. The molecule has 1 unspecified atom stereocenters. The summed E-state index contributed by atoms with van der Waals surface area (Å²) in [6, 6.07) is 7.48. The predicted molar refractivity (Wildman–Crippen MR) is 141 cm³/mol. The number of pyridine rings is 1. The molecule has 10 heteroatoms. The van der Waals surface area contributed by atoms with Crippen LogP contribution in [0.1, 0.15) is 31.5 Å². The third-order valence-corrected chi connectivity index (χ3v) is 6.37. The van der Waals surface area contributed by atoms with E-state index in [9.17, 15) is 4.39 Å². The lowest BCUT2D eigenvalue weighted by molar-refractivity contribution is 0.311. The molecule has 1 atom stereocenters. The number of hydrogen-bond donors (Lipinski definition) is 4. The van der Waals surface area contributed by atoms with E-state index in [-0.39, 0.29) is 18.5 Å². The molecular formula is C27H29FN8O. The fraction of sp³-hybridized carbons (Fsp3) is 0.296. The molecule has 4 N–H and O–H groups in total. The fourth-order valence-corrected chi connectivity index (χ4v) is 4.61. The van der Waals surface area contributed by atoms with Gasteiger partial charge in [0.2, 0.25) is 5.95 Å². The lowest BCUT2D eigenvalue weighted by Crippen LogP contribution is -2.35. The van der Waals surface area contributed by atoms with Crippen LogP contribution in [0, 0.1) is 5.41 Å². The predicted octanol–water partition coefficient (Wildman–Crippen LogP) is 4.36. The maximum absolute atomic E-state index is 13.8. The van der Waals surface area contributed by atoms with Crippen molar-refractivity contribution in [2.24, 2.45) is 0 Å². The second kappa shape index (κ2) is 11.3. The summed E-state index contributed by atoms with van der Waals surface area (Å²) < 4.78 is 13.8. The van der Waals surface area contributed by atoms with Crippen LogP contribution in [0.3, 0.4) is 0 Å². The number of amidine groups is 1. The molecule has 3 aromatic rings. The molecule has 4 heterocycles. The minimum absolute atomic E-state index is 0.00851. The van der Waals surface area contributed by atoms with Crippen LogP contribution in [0.4, 0.5) is 10.3 Å². The summed E-state index contributed by atoms with van der Waals surface area (Å²) in [5, 5.41) is 20.6. The van der Waals surface area contributed by atoms with Crippen molar-refractivity contribution in [2.45, 2.75) is 31.7 Å². The standard InChI is InChI=1S/C27H29FN8O/c28-19-5-1-4-18(16-19)24-8-3-14-36(24)25(29)9-10-26-32-17-23(34-26)21-7-2-6-20(33-21)22-11-12-30-27(35-22)31-13-15-37/h2,4,6-7,9-12,16-17,24,29,37H,1,3,5,8,13-15H2,(H,32,34)(H,30,31,35)/b10-9-,29-25?. The first kappa shape index (κ1) is 24.5. The van der Waals surface area contributed by atoms with E-state index in [0.29, 0.717) is 54.1 Å². The van der Waals surface area contributed by atoms with Gasteiger partial charge in [-0.25, -0.2) is 24.3 Å². The third-order valence-electron chi connectivity index (χ3n) is 6.37. The van der Waals surface area contributed by atoms with Crippen molar-refractivity contribution in [3.63, 3.8) is 0 Å². The lowest BCUT2D eigenvalue weighted by atomic mass is 9.97. The Hall–Kier alpha value is -4.18. The van der Waals surface area contributed by atoms with E-state index in [0.717, 1.165) is 30.7 Å². The fourth-order valence-electron chi connectivity index (χ4n) is 4.61. The Bertz CT molecular complexity index is 1360. The van der Waals surface area contributed by atoms with E-state index in [1.165, 1.54) is 0 Å². The van der Waals surface area contributed by atoms with Gasteiger partial charge in [-0.2, -0.15) is 0 Å². The molecule has 1 fully saturated rings. The summed E-state index contributed by atoms with van der Waals surface area (Å²) in [5.74, 6) is 1.35. The second-order valence-electron chi connectivity index (χ2n) is 8.91. The van der Waals surface area contributed by atoms with Crippen molar-refractivity contribution in [3.05, 3.63) is 72.1 Å². The first-order valence-electron chi connectivity index (χ1n) is 12.4. The Balaban J connectivity index is 1.28. The second-order valence-corrected chi connectivity index (χ2v) is 8.91.